The van der Waals surface area contributed by atoms with Crippen LogP contribution in [0.5, 0.6) is 0 Å². The summed E-state index contributed by atoms with van der Waals surface area (Å²) in [5, 5.41) is 2.95. The van der Waals surface area contributed by atoms with Crippen molar-refractivity contribution in [2.45, 2.75) is 18.6 Å². The van der Waals surface area contributed by atoms with Gasteiger partial charge in [0.2, 0.25) is 0 Å². The summed E-state index contributed by atoms with van der Waals surface area (Å²) in [6.07, 6.45) is -7.87. The highest BCUT2D eigenvalue weighted by molar-refractivity contribution is 5.85. The minimum atomic E-state index is -4.88. The van der Waals surface area contributed by atoms with E-state index in [0.29, 0.717) is 13.1 Å². The van der Waals surface area contributed by atoms with Gasteiger partial charge < -0.3 is 5.32 Å². The number of hydrogen-bond acceptors (Lipinski definition) is 2. The van der Waals surface area contributed by atoms with Crippen molar-refractivity contribution in [3.63, 3.8) is 0 Å². The Morgan fingerprint density at radius 1 is 1.04 bits per heavy atom. The van der Waals surface area contributed by atoms with Crippen LogP contribution in [-0.4, -0.2) is 37.5 Å². The largest absolute Gasteiger partial charge is 0.416 e. The molecule has 1 saturated heterocycles. The molecule has 2 nitrogen and oxygen atoms in total. The lowest BCUT2D eigenvalue weighted by atomic mass is 9.98. The van der Waals surface area contributed by atoms with Crippen LogP contribution in [0.4, 0.5) is 26.3 Å². The van der Waals surface area contributed by atoms with E-state index >= 15 is 0 Å². The fraction of sp³-hybridized carbons (Fsp3) is 0.538. The first-order valence-electron chi connectivity index (χ1n) is 6.40. The van der Waals surface area contributed by atoms with Gasteiger partial charge in [-0.2, -0.15) is 13.2 Å². The van der Waals surface area contributed by atoms with Crippen LogP contribution in [0, 0.1) is 5.82 Å². The van der Waals surface area contributed by atoms with Gasteiger partial charge in [0.25, 0.3) is 6.43 Å². The predicted molar refractivity (Wildman–Crippen MR) is 79.1 cm³/mol. The summed E-state index contributed by atoms with van der Waals surface area (Å²) >= 11 is 0. The van der Waals surface area contributed by atoms with Crippen LogP contribution in [0.2, 0.25) is 0 Å². The number of halogens is 8. The van der Waals surface area contributed by atoms with Crippen LogP contribution in [0.1, 0.15) is 17.2 Å². The summed E-state index contributed by atoms with van der Waals surface area (Å²) in [7, 11) is 0. The number of benzene rings is 1. The molecular formula is C13H16Cl2F6N2. The Hall–Kier alpha value is -0.700. The van der Waals surface area contributed by atoms with Gasteiger partial charge in [0, 0.05) is 26.2 Å². The third-order valence-corrected chi connectivity index (χ3v) is 3.42. The van der Waals surface area contributed by atoms with Crippen molar-refractivity contribution in [2.75, 3.05) is 26.2 Å². The molecule has 1 fully saturated rings. The molecule has 0 aromatic heterocycles. The zero-order valence-electron chi connectivity index (χ0n) is 11.7. The molecule has 0 unspecified atom stereocenters. The lowest BCUT2D eigenvalue weighted by Gasteiger charge is -2.35. The molecule has 0 spiro atoms. The highest BCUT2D eigenvalue weighted by atomic mass is 35.5. The molecule has 10 heteroatoms. The first-order chi connectivity index (χ1) is 9.80. The Labute approximate surface area is 142 Å². The molecule has 1 aromatic carbocycles. The van der Waals surface area contributed by atoms with Crippen molar-refractivity contribution >= 4 is 24.8 Å². The van der Waals surface area contributed by atoms with Crippen molar-refractivity contribution in [3.05, 3.63) is 35.1 Å². The quantitative estimate of drug-likeness (QED) is 0.795. The lowest BCUT2D eigenvalue weighted by molar-refractivity contribution is -0.139. The molecule has 0 amide bonds. The molecule has 0 aliphatic carbocycles. The highest BCUT2D eigenvalue weighted by Gasteiger charge is 2.40. The molecule has 0 bridgehead atoms. The van der Waals surface area contributed by atoms with Crippen LogP contribution in [0.15, 0.2) is 18.2 Å². The monoisotopic (exact) mass is 384 g/mol. The van der Waals surface area contributed by atoms with E-state index < -0.39 is 35.6 Å². The lowest BCUT2D eigenvalue weighted by Crippen LogP contribution is -2.47. The van der Waals surface area contributed by atoms with Gasteiger partial charge in [-0.25, -0.2) is 13.2 Å². The first-order valence-corrected chi connectivity index (χ1v) is 6.40. The zero-order valence-corrected chi connectivity index (χ0v) is 13.4. The normalized spacial score (nSPS) is 17.3. The number of hydrogen-bond donors (Lipinski definition) is 1. The maximum Gasteiger partial charge on any atom is 0.416 e. The molecule has 1 heterocycles. The highest BCUT2D eigenvalue weighted by Crippen LogP contribution is 2.39. The molecule has 1 aromatic rings. The van der Waals surface area contributed by atoms with E-state index in [9.17, 15) is 26.3 Å². The minimum Gasteiger partial charge on any atom is -0.314 e. The number of nitrogens with one attached hydrogen (secondary N) is 1. The third kappa shape index (κ3) is 5.41. The fourth-order valence-corrected chi connectivity index (χ4v) is 2.48. The zero-order chi connectivity index (χ0) is 15.6. The van der Waals surface area contributed by atoms with Crippen molar-refractivity contribution in [1.82, 2.24) is 10.2 Å². The maximum absolute atomic E-state index is 13.3. The van der Waals surface area contributed by atoms with E-state index in [4.69, 9.17) is 0 Å². The van der Waals surface area contributed by atoms with Gasteiger partial charge in [0.05, 0.1) is 11.6 Å². The van der Waals surface area contributed by atoms with Crippen molar-refractivity contribution in [3.8, 4) is 0 Å². The molecule has 0 saturated carbocycles. The number of rotatable bonds is 3. The molecule has 1 N–H and O–H groups in total. The minimum absolute atomic E-state index is 0. The number of piperazine rings is 1. The van der Waals surface area contributed by atoms with E-state index in [2.05, 4.69) is 5.32 Å². The number of nitrogens with zero attached hydrogens (tertiary/aromatic N) is 1. The van der Waals surface area contributed by atoms with Gasteiger partial charge in [-0.15, -0.1) is 24.8 Å². The Morgan fingerprint density at radius 2 is 1.61 bits per heavy atom. The molecule has 134 valence electrons. The van der Waals surface area contributed by atoms with Gasteiger partial charge >= 0.3 is 6.18 Å². The van der Waals surface area contributed by atoms with Gasteiger partial charge in [0.1, 0.15) is 5.82 Å². The molecular weight excluding hydrogens is 369 g/mol. The van der Waals surface area contributed by atoms with Gasteiger partial charge in [-0.3, -0.25) is 4.90 Å². The average molecular weight is 385 g/mol. The first kappa shape index (κ1) is 22.3. The third-order valence-electron chi connectivity index (χ3n) is 3.42. The van der Waals surface area contributed by atoms with Crippen LogP contribution >= 0.6 is 24.8 Å². The summed E-state index contributed by atoms with van der Waals surface area (Å²) < 4.78 is 78.6. The molecule has 0 radical (unpaired) electrons. The van der Waals surface area contributed by atoms with Gasteiger partial charge in [-0.05, 0) is 17.7 Å². The fourth-order valence-electron chi connectivity index (χ4n) is 2.48. The average Bonchev–Trinajstić information content (AvgIpc) is 2.40. The maximum atomic E-state index is 13.3. The summed E-state index contributed by atoms with van der Waals surface area (Å²) in [4.78, 5) is 1.30. The Balaban J connectivity index is 0.00000242. The second-order valence-corrected chi connectivity index (χ2v) is 4.79. The Kier molecular flexibility index (Phi) is 8.69. The molecule has 1 aliphatic rings. The van der Waals surface area contributed by atoms with Crippen LogP contribution in [0.3, 0.4) is 0 Å². The van der Waals surface area contributed by atoms with Gasteiger partial charge in [-0.1, -0.05) is 6.07 Å². The SMILES string of the molecule is Cl.Cl.Fc1ccc([C@H](C(F)F)N2CCNCC2)c(C(F)(F)F)c1. The second kappa shape index (κ2) is 8.96. The van der Waals surface area contributed by atoms with Crippen molar-refractivity contribution < 1.29 is 26.3 Å². The molecule has 1 aliphatic heterocycles. The standard InChI is InChI=1S/C13H14F6N2.2ClH/c14-8-1-2-9(10(7-8)13(17,18)19)11(12(15)16)21-5-3-20-4-6-21;;/h1-2,7,11-12,20H,3-6H2;2*1H/t11-;;/m1../s1. The van der Waals surface area contributed by atoms with E-state index in [0.717, 1.165) is 12.1 Å². The summed E-state index contributed by atoms with van der Waals surface area (Å²) in [6, 6.07) is 0.163. The van der Waals surface area contributed by atoms with Crippen LogP contribution in [0.25, 0.3) is 0 Å². The molecule has 23 heavy (non-hydrogen) atoms. The van der Waals surface area contributed by atoms with E-state index in [1.54, 1.807) is 0 Å². The summed E-state index contributed by atoms with van der Waals surface area (Å²) in [6.45, 7) is 1.27. The smallest absolute Gasteiger partial charge is 0.314 e. The summed E-state index contributed by atoms with van der Waals surface area (Å²) in [5.74, 6) is -1.10. The van der Waals surface area contributed by atoms with Crippen LogP contribution < -0.4 is 5.32 Å². The van der Waals surface area contributed by atoms with E-state index in [1.165, 1.54) is 4.90 Å². The van der Waals surface area contributed by atoms with Crippen LogP contribution in [-0.2, 0) is 6.18 Å². The Morgan fingerprint density at radius 3 is 2.09 bits per heavy atom. The topological polar surface area (TPSA) is 15.3 Å². The summed E-state index contributed by atoms with van der Waals surface area (Å²) in [5.41, 5.74) is -1.92. The van der Waals surface area contributed by atoms with Crippen molar-refractivity contribution in [1.29, 1.82) is 0 Å². The van der Waals surface area contributed by atoms with Gasteiger partial charge in [0.15, 0.2) is 0 Å². The van der Waals surface area contributed by atoms with E-state index in [1.807, 2.05) is 0 Å². The van der Waals surface area contributed by atoms with Crippen molar-refractivity contribution in [2.24, 2.45) is 0 Å². The second-order valence-electron chi connectivity index (χ2n) is 4.79. The number of alkyl halides is 5. The molecule has 1 atom stereocenters. The molecule has 2 rings (SSSR count). The Bertz CT molecular complexity index is 492. The van der Waals surface area contributed by atoms with E-state index in [-0.39, 0.29) is 44.0 Å². The predicted octanol–water partition coefficient (Wildman–Crippen LogP) is 3.90.